The summed E-state index contributed by atoms with van der Waals surface area (Å²) in [7, 11) is 0. The standard InChI is InChI=1S/C25H38O3/c1-15-13-22-20-8-7-18-14-19(28-17(3)27)9-11-23(18,4)21(20)10-12-24(22,5)25(15,6)16(2)26/h7,15,19-22H,8-14H2,1-6H3/t15-,19-,20-,21+,22+,23-,24-,25+/m0/s1. The minimum absolute atomic E-state index is 0.0646. The molecule has 0 spiro atoms. The van der Waals surface area contributed by atoms with E-state index in [1.807, 2.05) is 6.92 Å². The summed E-state index contributed by atoms with van der Waals surface area (Å²) in [4.78, 5) is 24.2. The molecule has 0 bridgehead atoms. The van der Waals surface area contributed by atoms with E-state index in [2.05, 4.69) is 33.8 Å². The number of fused-ring (bicyclic) bond motifs is 5. The van der Waals surface area contributed by atoms with E-state index in [-0.39, 0.29) is 28.3 Å². The highest BCUT2D eigenvalue weighted by molar-refractivity contribution is 5.83. The van der Waals surface area contributed by atoms with Crippen LogP contribution in [-0.4, -0.2) is 17.9 Å². The van der Waals surface area contributed by atoms with Crippen LogP contribution in [0, 0.1) is 39.9 Å². The van der Waals surface area contributed by atoms with Gasteiger partial charge in [-0.25, -0.2) is 0 Å². The molecule has 4 aliphatic carbocycles. The third kappa shape index (κ3) is 2.53. The molecule has 3 nitrogen and oxygen atoms in total. The van der Waals surface area contributed by atoms with Crippen LogP contribution in [0.3, 0.4) is 0 Å². The van der Waals surface area contributed by atoms with Crippen LogP contribution in [0.15, 0.2) is 11.6 Å². The van der Waals surface area contributed by atoms with Gasteiger partial charge in [0.2, 0.25) is 0 Å². The summed E-state index contributed by atoms with van der Waals surface area (Å²) in [5, 5.41) is 0. The molecule has 0 amide bonds. The Labute approximate surface area is 170 Å². The molecule has 0 aliphatic heterocycles. The Balaban J connectivity index is 1.64. The molecular formula is C25H38O3. The fourth-order valence-electron chi connectivity index (χ4n) is 8.29. The van der Waals surface area contributed by atoms with Gasteiger partial charge in [0.1, 0.15) is 11.9 Å². The van der Waals surface area contributed by atoms with Crippen LogP contribution < -0.4 is 0 Å². The monoisotopic (exact) mass is 386 g/mol. The molecule has 0 aromatic carbocycles. The number of esters is 1. The van der Waals surface area contributed by atoms with Crippen LogP contribution in [0.1, 0.15) is 86.5 Å². The minimum atomic E-state index is -0.180. The lowest BCUT2D eigenvalue weighted by atomic mass is 9.45. The van der Waals surface area contributed by atoms with Crippen molar-refractivity contribution in [3.05, 3.63) is 11.6 Å². The van der Waals surface area contributed by atoms with E-state index in [1.165, 1.54) is 31.8 Å². The third-order valence-electron chi connectivity index (χ3n) is 10.3. The molecule has 3 saturated carbocycles. The number of ether oxygens (including phenoxy) is 1. The maximum absolute atomic E-state index is 12.8. The quantitative estimate of drug-likeness (QED) is 0.450. The van der Waals surface area contributed by atoms with Crippen LogP contribution in [0.5, 0.6) is 0 Å². The van der Waals surface area contributed by atoms with Gasteiger partial charge in [-0.1, -0.05) is 39.3 Å². The number of carbonyl (C=O) groups is 2. The first-order chi connectivity index (χ1) is 13.0. The van der Waals surface area contributed by atoms with Gasteiger partial charge < -0.3 is 4.74 Å². The highest BCUT2D eigenvalue weighted by Gasteiger charge is 2.66. The summed E-state index contributed by atoms with van der Waals surface area (Å²) in [6.07, 6.45) is 10.3. The van der Waals surface area contributed by atoms with Crippen LogP contribution >= 0.6 is 0 Å². The van der Waals surface area contributed by atoms with Crippen molar-refractivity contribution in [2.45, 2.75) is 92.6 Å². The first-order valence-corrected chi connectivity index (χ1v) is 11.4. The number of ketones is 1. The van der Waals surface area contributed by atoms with Gasteiger partial charge in [0.15, 0.2) is 0 Å². The zero-order valence-corrected chi connectivity index (χ0v) is 18.6. The SMILES string of the molecule is CC(=O)O[C@H]1CC[C@@]2(C)C(=CC[C@H]3[C@H]2CC[C@@]2(C)[C@@H]3C[C@H](C)[C@]2(C)C(C)=O)C1. The summed E-state index contributed by atoms with van der Waals surface area (Å²) in [6, 6.07) is 0. The van der Waals surface area contributed by atoms with Crippen molar-refractivity contribution in [3.63, 3.8) is 0 Å². The lowest BCUT2D eigenvalue weighted by molar-refractivity contribution is -0.150. The largest absolute Gasteiger partial charge is 0.462 e. The molecule has 3 heteroatoms. The van der Waals surface area contributed by atoms with Gasteiger partial charge in [0.25, 0.3) is 0 Å². The molecule has 0 heterocycles. The normalized spacial score (nSPS) is 50.1. The van der Waals surface area contributed by atoms with Crippen molar-refractivity contribution < 1.29 is 14.3 Å². The smallest absolute Gasteiger partial charge is 0.302 e. The van der Waals surface area contributed by atoms with Crippen molar-refractivity contribution in [2.75, 3.05) is 0 Å². The highest BCUT2D eigenvalue weighted by Crippen LogP contribution is 2.71. The van der Waals surface area contributed by atoms with Crippen molar-refractivity contribution in [3.8, 4) is 0 Å². The average molecular weight is 387 g/mol. The molecule has 0 aromatic rings. The first-order valence-electron chi connectivity index (χ1n) is 11.4. The number of allylic oxidation sites excluding steroid dienone is 1. The summed E-state index contributed by atoms with van der Waals surface area (Å²) in [6.45, 7) is 12.8. The fraction of sp³-hybridized carbons (Fsp3) is 0.840. The maximum atomic E-state index is 12.8. The lowest BCUT2D eigenvalue weighted by Gasteiger charge is -2.59. The van der Waals surface area contributed by atoms with E-state index in [9.17, 15) is 9.59 Å². The highest BCUT2D eigenvalue weighted by atomic mass is 16.5. The van der Waals surface area contributed by atoms with Gasteiger partial charge in [-0.2, -0.15) is 0 Å². The average Bonchev–Trinajstić information content (AvgIpc) is 2.83. The second-order valence-corrected chi connectivity index (χ2v) is 11.1. The molecule has 0 N–H and O–H groups in total. The third-order valence-corrected chi connectivity index (χ3v) is 10.3. The number of Topliss-reactive ketones (excluding diaryl/α,β-unsaturated/α-hetero) is 1. The number of hydrogen-bond donors (Lipinski definition) is 0. The van der Waals surface area contributed by atoms with Crippen molar-refractivity contribution in [1.82, 2.24) is 0 Å². The van der Waals surface area contributed by atoms with E-state index in [0.717, 1.165) is 25.7 Å². The molecule has 0 saturated heterocycles. The van der Waals surface area contributed by atoms with Crippen LogP contribution in [0.4, 0.5) is 0 Å². The lowest BCUT2D eigenvalue weighted by Crippen LogP contribution is -2.53. The van der Waals surface area contributed by atoms with Gasteiger partial charge >= 0.3 is 5.97 Å². The summed E-state index contributed by atoms with van der Waals surface area (Å²) < 4.78 is 5.56. The number of carbonyl (C=O) groups excluding carboxylic acids is 2. The summed E-state index contributed by atoms with van der Waals surface area (Å²) in [5.41, 5.74) is 1.74. The van der Waals surface area contributed by atoms with E-state index in [4.69, 9.17) is 4.74 Å². The second-order valence-electron chi connectivity index (χ2n) is 11.1. The Morgan fingerprint density at radius 3 is 2.43 bits per heavy atom. The Kier molecular flexibility index (Phi) is 4.64. The Bertz CT molecular complexity index is 723. The Morgan fingerprint density at radius 1 is 1.07 bits per heavy atom. The predicted octanol–water partition coefficient (Wildman–Crippen LogP) is 5.72. The molecule has 8 atom stereocenters. The zero-order chi connectivity index (χ0) is 20.5. The predicted molar refractivity (Wildman–Crippen MR) is 111 cm³/mol. The van der Waals surface area contributed by atoms with Gasteiger partial charge in [-0.05, 0) is 80.0 Å². The first kappa shape index (κ1) is 20.2. The number of hydrogen-bond acceptors (Lipinski definition) is 3. The van der Waals surface area contributed by atoms with Crippen LogP contribution in [0.25, 0.3) is 0 Å². The van der Waals surface area contributed by atoms with Crippen LogP contribution in [-0.2, 0) is 14.3 Å². The Morgan fingerprint density at radius 2 is 1.79 bits per heavy atom. The van der Waals surface area contributed by atoms with Crippen molar-refractivity contribution in [2.24, 2.45) is 39.9 Å². The molecule has 4 rings (SSSR count). The van der Waals surface area contributed by atoms with Gasteiger partial charge in [0.05, 0.1) is 0 Å². The molecule has 28 heavy (non-hydrogen) atoms. The summed E-state index contributed by atoms with van der Waals surface area (Å²) in [5.74, 6) is 2.77. The molecule has 0 radical (unpaired) electrons. The van der Waals surface area contributed by atoms with E-state index in [0.29, 0.717) is 29.5 Å². The molecule has 0 unspecified atom stereocenters. The second kappa shape index (κ2) is 6.44. The van der Waals surface area contributed by atoms with E-state index in [1.54, 1.807) is 0 Å². The van der Waals surface area contributed by atoms with E-state index >= 15 is 0 Å². The summed E-state index contributed by atoms with van der Waals surface area (Å²) >= 11 is 0. The minimum Gasteiger partial charge on any atom is -0.462 e. The van der Waals surface area contributed by atoms with Crippen molar-refractivity contribution >= 4 is 11.8 Å². The van der Waals surface area contributed by atoms with Gasteiger partial charge in [-0.3, -0.25) is 9.59 Å². The van der Waals surface area contributed by atoms with Crippen molar-refractivity contribution in [1.29, 1.82) is 0 Å². The van der Waals surface area contributed by atoms with E-state index < -0.39 is 0 Å². The number of rotatable bonds is 2. The van der Waals surface area contributed by atoms with Gasteiger partial charge in [-0.15, -0.1) is 0 Å². The Hall–Kier alpha value is -1.12. The topological polar surface area (TPSA) is 43.4 Å². The molecule has 4 aliphatic rings. The zero-order valence-electron chi connectivity index (χ0n) is 18.6. The molecular weight excluding hydrogens is 348 g/mol. The fourth-order valence-corrected chi connectivity index (χ4v) is 8.29. The molecule has 0 aromatic heterocycles. The van der Waals surface area contributed by atoms with Gasteiger partial charge in [0, 0.05) is 18.8 Å². The molecule has 156 valence electrons. The van der Waals surface area contributed by atoms with Crippen LogP contribution in [0.2, 0.25) is 0 Å². The molecule has 3 fully saturated rings. The maximum Gasteiger partial charge on any atom is 0.302 e.